The number of methoxy groups -OCH3 is 2. The molecule has 1 heterocycles. The topological polar surface area (TPSA) is 77.6 Å². The van der Waals surface area contributed by atoms with Gasteiger partial charge < -0.3 is 19.1 Å². The van der Waals surface area contributed by atoms with Crippen LogP contribution in [0.25, 0.3) is 0 Å². The first-order chi connectivity index (χ1) is 10.7. The van der Waals surface area contributed by atoms with Crippen molar-refractivity contribution in [2.75, 3.05) is 20.8 Å². The number of hydrogen-bond acceptors (Lipinski definition) is 6. The Morgan fingerprint density at radius 1 is 1.32 bits per heavy atom. The summed E-state index contributed by atoms with van der Waals surface area (Å²) in [6.07, 6.45) is 1.43. The number of aromatic nitrogens is 2. The molecule has 1 aromatic carbocycles. The van der Waals surface area contributed by atoms with Gasteiger partial charge in [0.15, 0.2) is 0 Å². The Bertz CT molecular complexity index is 643. The van der Waals surface area contributed by atoms with E-state index in [1.54, 1.807) is 14.2 Å². The number of nitrogens with zero attached hydrogens (tertiary/aromatic N) is 2. The molecule has 0 aliphatic heterocycles. The summed E-state index contributed by atoms with van der Waals surface area (Å²) < 4.78 is 15.6. The van der Waals surface area contributed by atoms with Gasteiger partial charge in [0, 0.05) is 20.6 Å². The second kappa shape index (κ2) is 6.16. The zero-order chi connectivity index (χ0) is 15.6. The van der Waals surface area contributed by atoms with Gasteiger partial charge in [0.05, 0.1) is 6.61 Å². The Balaban J connectivity index is 1.84. The van der Waals surface area contributed by atoms with Crippen LogP contribution >= 0.6 is 0 Å². The van der Waals surface area contributed by atoms with Crippen LogP contribution in [0.5, 0.6) is 0 Å². The summed E-state index contributed by atoms with van der Waals surface area (Å²) in [5, 5.41) is 14.9. The largest absolute Gasteiger partial charge is 0.381 e. The van der Waals surface area contributed by atoms with Crippen molar-refractivity contribution in [3.63, 3.8) is 0 Å². The maximum absolute atomic E-state index is 10.9. The first-order valence-electron chi connectivity index (χ1n) is 7.31. The third-order valence-electron chi connectivity index (χ3n) is 4.14. The second-order valence-electron chi connectivity index (χ2n) is 5.61. The molecule has 0 saturated heterocycles. The monoisotopic (exact) mass is 304 g/mol. The highest BCUT2D eigenvalue weighted by Crippen LogP contribution is 2.36. The number of hydrogen-bond donors (Lipinski definition) is 1. The molecule has 6 heteroatoms. The highest BCUT2D eigenvalue weighted by molar-refractivity contribution is 5.32. The zero-order valence-corrected chi connectivity index (χ0v) is 12.8. The summed E-state index contributed by atoms with van der Waals surface area (Å²) in [7, 11) is 3.14. The number of ether oxygens (including phenoxy) is 2. The fourth-order valence-electron chi connectivity index (χ4n) is 2.86. The second-order valence-corrected chi connectivity index (χ2v) is 5.61. The van der Waals surface area contributed by atoms with E-state index >= 15 is 0 Å². The lowest BCUT2D eigenvalue weighted by molar-refractivity contribution is -0.00860. The first kappa shape index (κ1) is 15.1. The molecule has 0 bridgehead atoms. The molecule has 1 aromatic heterocycles. The normalized spacial score (nSPS) is 22.3. The number of aryl methyl sites for hydroxylation is 1. The first-order valence-corrected chi connectivity index (χ1v) is 7.31. The van der Waals surface area contributed by atoms with Crippen molar-refractivity contribution in [3.8, 4) is 0 Å². The van der Waals surface area contributed by atoms with Crippen LogP contribution in [0.3, 0.4) is 0 Å². The van der Waals surface area contributed by atoms with Gasteiger partial charge in [0.25, 0.3) is 5.89 Å². The van der Waals surface area contributed by atoms with Crippen molar-refractivity contribution in [1.29, 1.82) is 0 Å². The van der Waals surface area contributed by atoms with E-state index in [1.807, 2.05) is 18.2 Å². The molecule has 1 aliphatic carbocycles. The average Bonchev–Trinajstić information content (AvgIpc) is 3.03. The fraction of sp³-hybridized carbons (Fsp3) is 0.500. The van der Waals surface area contributed by atoms with Gasteiger partial charge in [-0.3, -0.25) is 0 Å². The Labute approximate surface area is 129 Å². The average molecular weight is 304 g/mol. The van der Waals surface area contributed by atoms with E-state index in [0.29, 0.717) is 25.3 Å². The molecule has 22 heavy (non-hydrogen) atoms. The van der Waals surface area contributed by atoms with Gasteiger partial charge in [-0.25, -0.2) is 0 Å². The number of rotatable bonds is 5. The van der Waals surface area contributed by atoms with E-state index < -0.39 is 11.7 Å². The molecule has 0 amide bonds. The maximum Gasteiger partial charge on any atom is 0.259 e. The van der Waals surface area contributed by atoms with Crippen LogP contribution in [0.4, 0.5) is 0 Å². The molecule has 2 atom stereocenters. The van der Waals surface area contributed by atoms with Crippen LogP contribution in [-0.4, -0.2) is 36.1 Å². The summed E-state index contributed by atoms with van der Waals surface area (Å²) in [5.41, 5.74) is 1.27. The summed E-state index contributed by atoms with van der Waals surface area (Å²) in [4.78, 5) is 4.34. The Hall–Kier alpha value is -1.76. The summed E-state index contributed by atoms with van der Waals surface area (Å²) in [6, 6.07) is 8.11. The predicted octanol–water partition coefficient (Wildman–Crippen LogP) is 1.78. The van der Waals surface area contributed by atoms with Crippen LogP contribution in [0.1, 0.15) is 35.4 Å². The van der Waals surface area contributed by atoms with Gasteiger partial charge in [-0.2, -0.15) is 4.98 Å². The minimum atomic E-state index is -1.12. The third-order valence-corrected chi connectivity index (χ3v) is 4.14. The van der Waals surface area contributed by atoms with Crippen molar-refractivity contribution in [1.82, 2.24) is 10.1 Å². The molecule has 0 spiro atoms. The van der Waals surface area contributed by atoms with Crippen molar-refractivity contribution in [3.05, 3.63) is 47.1 Å². The standard InChI is InChI=1S/C16H20N2O4/c1-20-10-13(21-2)14-17-15(22-18-14)16(19)8-7-11-5-3-4-6-12(11)9-16/h3-6,13,19H,7-10H2,1-2H3. The van der Waals surface area contributed by atoms with Gasteiger partial charge in [-0.05, 0) is 24.0 Å². The molecule has 118 valence electrons. The van der Waals surface area contributed by atoms with E-state index in [2.05, 4.69) is 16.2 Å². The molecule has 6 nitrogen and oxygen atoms in total. The van der Waals surface area contributed by atoms with Crippen LogP contribution < -0.4 is 0 Å². The van der Waals surface area contributed by atoms with E-state index in [0.717, 1.165) is 12.0 Å². The summed E-state index contributed by atoms with van der Waals surface area (Å²) >= 11 is 0. The Morgan fingerprint density at radius 2 is 2.09 bits per heavy atom. The molecular weight excluding hydrogens is 284 g/mol. The van der Waals surface area contributed by atoms with E-state index in [9.17, 15) is 5.11 Å². The number of fused-ring (bicyclic) bond motifs is 1. The number of aliphatic hydroxyl groups is 1. The summed E-state index contributed by atoms with van der Waals surface area (Å²) in [5.74, 6) is 0.641. The van der Waals surface area contributed by atoms with Crippen molar-refractivity contribution >= 4 is 0 Å². The van der Waals surface area contributed by atoms with Crippen LogP contribution in [0.15, 0.2) is 28.8 Å². The highest BCUT2D eigenvalue weighted by Gasteiger charge is 2.39. The minimum absolute atomic E-state index is 0.246. The maximum atomic E-state index is 10.9. The van der Waals surface area contributed by atoms with Crippen LogP contribution in [-0.2, 0) is 27.9 Å². The molecule has 3 rings (SSSR count). The predicted molar refractivity (Wildman–Crippen MR) is 78.3 cm³/mol. The van der Waals surface area contributed by atoms with Crippen molar-refractivity contribution in [2.45, 2.75) is 31.0 Å². The molecule has 1 aliphatic rings. The fourth-order valence-corrected chi connectivity index (χ4v) is 2.86. The zero-order valence-electron chi connectivity index (χ0n) is 12.8. The van der Waals surface area contributed by atoms with Crippen molar-refractivity contribution < 1.29 is 19.1 Å². The van der Waals surface area contributed by atoms with E-state index in [1.165, 1.54) is 5.56 Å². The lowest BCUT2D eigenvalue weighted by Crippen LogP contribution is -2.33. The Kier molecular flexibility index (Phi) is 4.24. The number of benzene rings is 1. The molecule has 1 N–H and O–H groups in total. The molecule has 2 aromatic rings. The lowest BCUT2D eigenvalue weighted by Gasteiger charge is -2.30. The smallest absolute Gasteiger partial charge is 0.259 e. The SMILES string of the molecule is COCC(OC)c1noc(C2(O)CCc3ccccc3C2)n1. The van der Waals surface area contributed by atoms with Gasteiger partial charge in [-0.15, -0.1) is 0 Å². The summed E-state index contributed by atoms with van der Waals surface area (Å²) in [6.45, 7) is 0.330. The molecule has 2 unspecified atom stereocenters. The van der Waals surface area contributed by atoms with Crippen LogP contribution in [0, 0.1) is 0 Å². The minimum Gasteiger partial charge on any atom is -0.381 e. The molecule has 0 radical (unpaired) electrons. The molecule has 0 fully saturated rings. The van der Waals surface area contributed by atoms with Gasteiger partial charge in [0.2, 0.25) is 5.82 Å². The van der Waals surface area contributed by atoms with Gasteiger partial charge in [0.1, 0.15) is 11.7 Å². The molecule has 0 saturated carbocycles. The third kappa shape index (κ3) is 2.77. The highest BCUT2D eigenvalue weighted by atomic mass is 16.5. The van der Waals surface area contributed by atoms with Crippen LogP contribution in [0.2, 0.25) is 0 Å². The lowest BCUT2D eigenvalue weighted by atomic mass is 9.80. The van der Waals surface area contributed by atoms with E-state index in [-0.39, 0.29) is 5.89 Å². The van der Waals surface area contributed by atoms with Gasteiger partial charge >= 0.3 is 0 Å². The van der Waals surface area contributed by atoms with Crippen molar-refractivity contribution in [2.24, 2.45) is 0 Å². The van der Waals surface area contributed by atoms with Gasteiger partial charge in [-0.1, -0.05) is 29.4 Å². The van der Waals surface area contributed by atoms with E-state index in [4.69, 9.17) is 14.0 Å². The Morgan fingerprint density at radius 3 is 2.82 bits per heavy atom. The molecular formula is C16H20N2O4. The quantitative estimate of drug-likeness (QED) is 0.907.